The molecule has 0 aliphatic heterocycles. The molecule has 2 aromatic rings. The third-order valence-corrected chi connectivity index (χ3v) is 3.13. The summed E-state index contributed by atoms with van der Waals surface area (Å²) in [7, 11) is 4.08. The number of hydrogen-bond donors (Lipinski definition) is 0. The molecule has 2 nitrogen and oxygen atoms in total. The summed E-state index contributed by atoms with van der Waals surface area (Å²) in [6, 6.07) is 16.7. The lowest BCUT2D eigenvalue weighted by atomic mass is 10.1. The van der Waals surface area contributed by atoms with Gasteiger partial charge in [0.2, 0.25) is 0 Å². The molecule has 98 valence electrons. The standard InChI is InChI=1S/C17H20N2/c1-4-15-7-5-6-8-17(15)18-13-14-9-11-16(12-10-14)19(2)3/h5-13H,4H2,1-3H3. The normalized spacial score (nSPS) is 10.9. The highest BCUT2D eigenvalue weighted by molar-refractivity contribution is 5.82. The van der Waals surface area contributed by atoms with E-state index < -0.39 is 0 Å². The second kappa shape index (κ2) is 6.19. The van der Waals surface area contributed by atoms with Gasteiger partial charge in [0.15, 0.2) is 0 Å². The minimum atomic E-state index is 1.01. The van der Waals surface area contributed by atoms with E-state index in [2.05, 4.69) is 59.3 Å². The van der Waals surface area contributed by atoms with Crippen molar-refractivity contribution < 1.29 is 0 Å². The Morgan fingerprint density at radius 1 is 1.00 bits per heavy atom. The molecule has 0 radical (unpaired) electrons. The fraction of sp³-hybridized carbons (Fsp3) is 0.235. The molecule has 0 heterocycles. The van der Waals surface area contributed by atoms with E-state index in [1.807, 2.05) is 26.4 Å². The molecule has 19 heavy (non-hydrogen) atoms. The van der Waals surface area contributed by atoms with E-state index in [1.165, 1.54) is 11.3 Å². The van der Waals surface area contributed by atoms with Crippen LogP contribution in [0.4, 0.5) is 11.4 Å². The minimum Gasteiger partial charge on any atom is -0.378 e. The lowest BCUT2D eigenvalue weighted by molar-refractivity contribution is 1.13. The second-order valence-electron chi connectivity index (χ2n) is 4.73. The predicted octanol–water partition coefficient (Wildman–Crippen LogP) is 4.07. The fourth-order valence-corrected chi connectivity index (χ4v) is 1.94. The van der Waals surface area contributed by atoms with Crippen molar-refractivity contribution in [2.75, 3.05) is 19.0 Å². The van der Waals surface area contributed by atoms with Crippen LogP contribution in [-0.4, -0.2) is 20.3 Å². The molecule has 0 spiro atoms. The van der Waals surface area contributed by atoms with E-state index in [0.717, 1.165) is 17.7 Å². The molecule has 0 atom stereocenters. The van der Waals surface area contributed by atoms with Gasteiger partial charge in [-0.1, -0.05) is 37.3 Å². The van der Waals surface area contributed by atoms with Crippen molar-refractivity contribution in [2.24, 2.45) is 4.99 Å². The molecule has 0 amide bonds. The van der Waals surface area contributed by atoms with Crippen LogP contribution >= 0.6 is 0 Å². The number of aliphatic imine (C=N–C) groups is 1. The zero-order valence-corrected chi connectivity index (χ0v) is 11.8. The van der Waals surface area contributed by atoms with Gasteiger partial charge < -0.3 is 4.90 Å². The highest BCUT2D eigenvalue weighted by Gasteiger charge is 1.97. The Labute approximate surface area is 115 Å². The lowest BCUT2D eigenvalue weighted by Crippen LogP contribution is -2.08. The number of aryl methyl sites for hydroxylation is 1. The third-order valence-electron chi connectivity index (χ3n) is 3.13. The average Bonchev–Trinajstić information content (AvgIpc) is 2.45. The number of para-hydroxylation sites is 1. The van der Waals surface area contributed by atoms with Crippen LogP contribution in [0.25, 0.3) is 0 Å². The van der Waals surface area contributed by atoms with Crippen LogP contribution in [0, 0.1) is 0 Å². The smallest absolute Gasteiger partial charge is 0.0661 e. The number of hydrogen-bond acceptors (Lipinski definition) is 2. The lowest BCUT2D eigenvalue weighted by Gasteiger charge is -2.11. The van der Waals surface area contributed by atoms with Gasteiger partial charge in [-0.05, 0) is 35.7 Å². The van der Waals surface area contributed by atoms with Gasteiger partial charge in [0.05, 0.1) is 5.69 Å². The van der Waals surface area contributed by atoms with E-state index in [0.29, 0.717) is 0 Å². The highest BCUT2D eigenvalue weighted by atomic mass is 15.1. The first-order valence-corrected chi connectivity index (χ1v) is 6.60. The van der Waals surface area contributed by atoms with Crippen molar-refractivity contribution in [2.45, 2.75) is 13.3 Å². The Hall–Kier alpha value is -2.09. The van der Waals surface area contributed by atoms with Gasteiger partial charge in [-0.2, -0.15) is 0 Å². The summed E-state index contributed by atoms with van der Waals surface area (Å²) in [5, 5.41) is 0. The zero-order valence-electron chi connectivity index (χ0n) is 11.8. The van der Waals surface area contributed by atoms with Crippen LogP contribution in [0.2, 0.25) is 0 Å². The van der Waals surface area contributed by atoms with E-state index in [-0.39, 0.29) is 0 Å². The Kier molecular flexibility index (Phi) is 4.35. The van der Waals surface area contributed by atoms with E-state index in [1.54, 1.807) is 0 Å². The van der Waals surface area contributed by atoms with Crippen molar-refractivity contribution >= 4 is 17.6 Å². The van der Waals surface area contributed by atoms with E-state index in [4.69, 9.17) is 0 Å². The molecule has 0 N–H and O–H groups in total. The van der Waals surface area contributed by atoms with Crippen LogP contribution in [0.5, 0.6) is 0 Å². The maximum absolute atomic E-state index is 4.58. The van der Waals surface area contributed by atoms with Crippen molar-refractivity contribution in [1.29, 1.82) is 0 Å². The quantitative estimate of drug-likeness (QED) is 0.749. The molecule has 2 rings (SSSR count). The van der Waals surface area contributed by atoms with Gasteiger partial charge in [-0.25, -0.2) is 0 Å². The third kappa shape index (κ3) is 3.44. The molecule has 0 aliphatic carbocycles. The SMILES string of the molecule is CCc1ccccc1N=Cc1ccc(N(C)C)cc1. The zero-order chi connectivity index (χ0) is 13.7. The summed E-state index contributed by atoms with van der Waals surface area (Å²) in [4.78, 5) is 6.67. The van der Waals surface area contributed by atoms with Crippen LogP contribution in [-0.2, 0) is 6.42 Å². The van der Waals surface area contributed by atoms with Crippen LogP contribution in [0.15, 0.2) is 53.5 Å². The molecule has 0 saturated carbocycles. The van der Waals surface area contributed by atoms with Crippen molar-refractivity contribution in [1.82, 2.24) is 0 Å². The van der Waals surface area contributed by atoms with Gasteiger partial charge in [-0.15, -0.1) is 0 Å². The Bertz CT molecular complexity index is 554. The number of benzene rings is 2. The molecule has 0 unspecified atom stereocenters. The van der Waals surface area contributed by atoms with Crippen LogP contribution < -0.4 is 4.90 Å². The minimum absolute atomic E-state index is 1.01. The van der Waals surface area contributed by atoms with E-state index in [9.17, 15) is 0 Å². The number of rotatable bonds is 4. The molecule has 2 aromatic carbocycles. The van der Waals surface area contributed by atoms with Crippen LogP contribution in [0.1, 0.15) is 18.1 Å². The number of nitrogens with zero attached hydrogens (tertiary/aromatic N) is 2. The maximum Gasteiger partial charge on any atom is 0.0661 e. The monoisotopic (exact) mass is 252 g/mol. The van der Waals surface area contributed by atoms with Crippen LogP contribution in [0.3, 0.4) is 0 Å². The Morgan fingerprint density at radius 3 is 2.32 bits per heavy atom. The summed E-state index contributed by atoms with van der Waals surface area (Å²) in [6.45, 7) is 2.15. The topological polar surface area (TPSA) is 15.6 Å². The first-order chi connectivity index (χ1) is 9.20. The highest BCUT2D eigenvalue weighted by Crippen LogP contribution is 2.19. The van der Waals surface area contributed by atoms with Gasteiger partial charge in [-0.3, -0.25) is 4.99 Å². The molecule has 0 saturated heterocycles. The first kappa shape index (κ1) is 13.3. The molecule has 0 fully saturated rings. The average molecular weight is 252 g/mol. The number of anilines is 1. The summed E-state index contributed by atoms with van der Waals surface area (Å²) in [6.07, 6.45) is 2.93. The summed E-state index contributed by atoms with van der Waals surface area (Å²) in [5.74, 6) is 0. The van der Waals surface area contributed by atoms with Gasteiger partial charge in [0.1, 0.15) is 0 Å². The summed E-state index contributed by atoms with van der Waals surface area (Å²) >= 11 is 0. The Balaban J connectivity index is 2.18. The second-order valence-corrected chi connectivity index (χ2v) is 4.73. The van der Waals surface area contributed by atoms with Crippen molar-refractivity contribution in [3.05, 3.63) is 59.7 Å². The maximum atomic E-state index is 4.58. The van der Waals surface area contributed by atoms with Crippen molar-refractivity contribution in [3.8, 4) is 0 Å². The van der Waals surface area contributed by atoms with Gasteiger partial charge >= 0.3 is 0 Å². The van der Waals surface area contributed by atoms with Crippen molar-refractivity contribution in [3.63, 3.8) is 0 Å². The molecule has 0 bridgehead atoms. The molecule has 2 heteroatoms. The Morgan fingerprint density at radius 2 is 1.68 bits per heavy atom. The predicted molar refractivity (Wildman–Crippen MR) is 83.8 cm³/mol. The first-order valence-electron chi connectivity index (χ1n) is 6.60. The fourth-order valence-electron chi connectivity index (χ4n) is 1.94. The van der Waals surface area contributed by atoms with E-state index >= 15 is 0 Å². The molecular weight excluding hydrogens is 232 g/mol. The van der Waals surface area contributed by atoms with Gasteiger partial charge in [0.25, 0.3) is 0 Å². The summed E-state index contributed by atoms with van der Waals surface area (Å²) < 4.78 is 0. The largest absolute Gasteiger partial charge is 0.378 e. The summed E-state index contributed by atoms with van der Waals surface area (Å²) in [5.41, 5.74) is 4.66. The van der Waals surface area contributed by atoms with Gasteiger partial charge in [0, 0.05) is 26.0 Å². The molecule has 0 aromatic heterocycles. The molecule has 0 aliphatic rings. The molecular formula is C17H20N2.